The highest BCUT2D eigenvalue weighted by Crippen LogP contribution is 2.51. The third-order valence-electron chi connectivity index (χ3n) is 5.77. The Morgan fingerprint density at radius 3 is 2.46 bits per heavy atom. The summed E-state index contributed by atoms with van der Waals surface area (Å²) in [5, 5.41) is 0. The van der Waals surface area contributed by atoms with Crippen LogP contribution in [0.3, 0.4) is 0 Å². The van der Waals surface area contributed by atoms with Gasteiger partial charge < -0.3 is 4.90 Å². The summed E-state index contributed by atoms with van der Waals surface area (Å²) >= 11 is 0. The minimum Gasteiger partial charge on any atom is -0.344 e. The Labute approximate surface area is 158 Å². The number of hydrogen-bond donors (Lipinski definition) is 0. The first-order valence-corrected chi connectivity index (χ1v) is 9.26. The third kappa shape index (κ3) is 2.63. The van der Waals surface area contributed by atoms with Crippen LogP contribution in [0.2, 0.25) is 0 Å². The van der Waals surface area contributed by atoms with Gasteiger partial charge in [0.05, 0.1) is 0 Å². The third-order valence-corrected chi connectivity index (χ3v) is 5.77. The predicted octanol–water partition coefficient (Wildman–Crippen LogP) is 6.54. The van der Waals surface area contributed by atoms with E-state index in [1.807, 2.05) is 12.2 Å². The lowest BCUT2D eigenvalue weighted by atomic mass is 9.78. The monoisotopic (exact) mass is 343 g/mol. The van der Waals surface area contributed by atoms with Crippen molar-refractivity contribution in [3.05, 3.63) is 101 Å². The molecule has 0 fully saturated rings. The Morgan fingerprint density at radius 2 is 1.81 bits per heavy atom. The van der Waals surface area contributed by atoms with Crippen LogP contribution in [0.15, 0.2) is 90.3 Å². The van der Waals surface area contributed by atoms with Crippen molar-refractivity contribution in [1.82, 2.24) is 4.90 Å². The molecule has 0 unspecified atom stereocenters. The topological polar surface area (TPSA) is 3.24 Å². The number of benzene rings is 1. The molecule has 1 nitrogen and oxygen atoms in total. The van der Waals surface area contributed by atoms with Gasteiger partial charge in [-0.3, -0.25) is 0 Å². The fourth-order valence-corrected chi connectivity index (χ4v) is 4.46. The lowest BCUT2D eigenvalue weighted by molar-refractivity contribution is 0.503. The first kappa shape index (κ1) is 18.3. The molecule has 0 spiro atoms. The normalized spacial score (nSPS) is 21.2. The second-order valence-corrected chi connectivity index (χ2v) is 7.74. The van der Waals surface area contributed by atoms with Gasteiger partial charge in [-0.1, -0.05) is 70.0 Å². The highest BCUT2D eigenvalue weighted by Gasteiger charge is 2.40. The highest BCUT2D eigenvalue weighted by atomic mass is 15.1. The molecule has 0 radical (unpaired) electrons. The van der Waals surface area contributed by atoms with Crippen LogP contribution >= 0.6 is 0 Å². The summed E-state index contributed by atoms with van der Waals surface area (Å²) in [6, 6.07) is 8.71. The quantitative estimate of drug-likeness (QED) is 0.602. The van der Waals surface area contributed by atoms with E-state index in [4.69, 9.17) is 0 Å². The van der Waals surface area contributed by atoms with Crippen molar-refractivity contribution >= 4 is 5.57 Å². The summed E-state index contributed by atoms with van der Waals surface area (Å²) < 4.78 is 0. The zero-order valence-electron chi connectivity index (χ0n) is 16.5. The van der Waals surface area contributed by atoms with Crippen LogP contribution < -0.4 is 0 Å². The van der Waals surface area contributed by atoms with Gasteiger partial charge >= 0.3 is 0 Å². The Balaban J connectivity index is 2.29. The van der Waals surface area contributed by atoms with Gasteiger partial charge in [0.2, 0.25) is 0 Å². The number of hydrogen-bond acceptors (Lipinski definition) is 1. The number of fused-ring (bicyclic) bond motifs is 1. The molecule has 0 N–H and O–H groups in total. The molecular weight excluding hydrogens is 314 g/mol. The smallest absolute Gasteiger partial charge is 0.0445 e. The molecule has 1 aromatic carbocycles. The average molecular weight is 344 g/mol. The van der Waals surface area contributed by atoms with E-state index in [1.54, 1.807) is 0 Å². The minimum atomic E-state index is -0.0735. The van der Waals surface area contributed by atoms with Crippen molar-refractivity contribution in [1.29, 1.82) is 0 Å². The van der Waals surface area contributed by atoms with Crippen molar-refractivity contribution in [2.24, 2.45) is 0 Å². The fraction of sp³-hybridized carbons (Fsp3) is 0.280. The van der Waals surface area contributed by atoms with Gasteiger partial charge in [0.25, 0.3) is 0 Å². The average Bonchev–Trinajstić information content (AvgIpc) is 2.79. The molecule has 1 aromatic rings. The Kier molecular flexibility index (Phi) is 4.66. The lowest BCUT2D eigenvalue weighted by Gasteiger charge is -2.34. The molecule has 3 rings (SSSR count). The first-order chi connectivity index (χ1) is 12.3. The molecule has 2 aliphatic rings. The van der Waals surface area contributed by atoms with Gasteiger partial charge in [0.1, 0.15) is 0 Å². The van der Waals surface area contributed by atoms with E-state index in [9.17, 15) is 0 Å². The molecule has 0 saturated carbocycles. The zero-order valence-corrected chi connectivity index (χ0v) is 16.5. The highest BCUT2D eigenvalue weighted by molar-refractivity contribution is 5.88. The van der Waals surface area contributed by atoms with Crippen molar-refractivity contribution in [3.8, 4) is 0 Å². The summed E-state index contributed by atoms with van der Waals surface area (Å²) in [5.74, 6) is 0. The molecule has 134 valence electrons. The minimum absolute atomic E-state index is 0.0735. The maximum atomic E-state index is 4.31. The van der Waals surface area contributed by atoms with Crippen molar-refractivity contribution in [2.75, 3.05) is 7.05 Å². The molecule has 26 heavy (non-hydrogen) atoms. The second kappa shape index (κ2) is 6.64. The van der Waals surface area contributed by atoms with Crippen LogP contribution in [0.25, 0.3) is 5.57 Å². The SMILES string of the molecule is C=C/C=C1\C(=C)CCC(C)=C(C2=C(C=C)c3ccccc3C2(C)C)N1C. The van der Waals surface area contributed by atoms with Crippen molar-refractivity contribution in [3.63, 3.8) is 0 Å². The zero-order chi connectivity index (χ0) is 19.1. The Hall–Kier alpha value is -2.54. The largest absolute Gasteiger partial charge is 0.344 e. The molecule has 1 aliphatic heterocycles. The maximum Gasteiger partial charge on any atom is 0.0445 e. The van der Waals surface area contributed by atoms with Crippen LogP contribution in [0, 0.1) is 0 Å². The molecule has 0 atom stereocenters. The van der Waals surface area contributed by atoms with E-state index in [0.29, 0.717) is 0 Å². The van der Waals surface area contributed by atoms with Crippen molar-refractivity contribution < 1.29 is 0 Å². The van der Waals surface area contributed by atoms with E-state index in [1.165, 1.54) is 33.5 Å². The number of allylic oxidation sites excluding steroid dienone is 7. The van der Waals surface area contributed by atoms with E-state index >= 15 is 0 Å². The standard InChI is InChI=1S/C25H29N/c1-8-12-22-17(3)15-16-18(4)24(26(22)7)23-19(9-2)20-13-10-11-14-21(20)25(23,5)6/h8-14H,1-3,15-16H2,4-7H3/b22-12+. The van der Waals surface area contributed by atoms with Crippen LogP contribution in [0.4, 0.5) is 0 Å². The van der Waals surface area contributed by atoms with Gasteiger partial charge in [-0.25, -0.2) is 0 Å². The summed E-state index contributed by atoms with van der Waals surface area (Å²) in [7, 11) is 2.15. The summed E-state index contributed by atoms with van der Waals surface area (Å²) in [4.78, 5) is 2.30. The number of likely N-dealkylation sites (N-methyl/N-ethyl adjacent to an activating group) is 1. The molecule has 0 aromatic heterocycles. The lowest BCUT2D eigenvalue weighted by Crippen LogP contribution is -2.27. The molecule has 0 bridgehead atoms. The molecule has 0 saturated heterocycles. The fourth-order valence-electron chi connectivity index (χ4n) is 4.46. The predicted molar refractivity (Wildman–Crippen MR) is 114 cm³/mol. The van der Waals surface area contributed by atoms with Crippen LogP contribution in [0.5, 0.6) is 0 Å². The summed E-state index contributed by atoms with van der Waals surface area (Å²) in [6.45, 7) is 19.3. The van der Waals surface area contributed by atoms with Gasteiger partial charge in [-0.05, 0) is 59.3 Å². The second-order valence-electron chi connectivity index (χ2n) is 7.74. The van der Waals surface area contributed by atoms with Crippen LogP contribution in [-0.2, 0) is 5.41 Å². The van der Waals surface area contributed by atoms with E-state index < -0.39 is 0 Å². The van der Waals surface area contributed by atoms with E-state index in [0.717, 1.165) is 24.1 Å². The molecule has 1 aliphatic carbocycles. The molecule has 0 amide bonds. The Bertz CT molecular complexity index is 886. The van der Waals surface area contributed by atoms with E-state index in [-0.39, 0.29) is 5.41 Å². The maximum absolute atomic E-state index is 4.31. The van der Waals surface area contributed by atoms with Crippen LogP contribution in [-0.4, -0.2) is 11.9 Å². The molecule has 1 heteroatoms. The van der Waals surface area contributed by atoms with Gasteiger partial charge in [0.15, 0.2) is 0 Å². The number of nitrogens with zero attached hydrogens (tertiary/aromatic N) is 1. The van der Waals surface area contributed by atoms with Crippen molar-refractivity contribution in [2.45, 2.75) is 39.0 Å². The van der Waals surface area contributed by atoms with Gasteiger partial charge in [-0.15, -0.1) is 0 Å². The van der Waals surface area contributed by atoms with E-state index in [2.05, 4.69) is 82.8 Å². The van der Waals surface area contributed by atoms with Crippen LogP contribution in [0.1, 0.15) is 44.7 Å². The van der Waals surface area contributed by atoms with Gasteiger partial charge in [-0.2, -0.15) is 0 Å². The molecular formula is C25H29N. The Morgan fingerprint density at radius 1 is 1.12 bits per heavy atom. The summed E-state index contributed by atoms with van der Waals surface area (Å²) in [5.41, 5.74) is 10.2. The number of rotatable bonds is 3. The van der Waals surface area contributed by atoms with Gasteiger partial charge in [0, 0.05) is 23.9 Å². The first-order valence-electron chi connectivity index (χ1n) is 9.26. The molecule has 1 heterocycles. The summed E-state index contributed by atoms with van der Waals surface area (Å²) in [6.07, 6.45) is 7.95.